The fourth-order valence-electron chi connectivity index (χ4n) is 3.63. The highest BCUT2D eigenvalue weighted by Gasteiger charge is 2.15. The Labute approximate surface area is 191 Å². The number of rotatable bonds is 6. The lowest BCUT2D eigenvalue weighted by Crippen LogP contribution is -2.42. The molecule has 7 heteroatoms. The lowest BCUT2D eigenvalue weighted by atomic mass is 9.99. The molecule has 0 unspecified atom stereocenters. The van der Waals surface area contributed by atoms with Crippen molar-refractivity contribution < 1.29 is 14.3 Å². The summed E-state index contributed by atoms with van der Waals surface area (Å²) in [5, 5.41) is 1.55. The number of nitrogens with one attached hydrogen (secondary N) is 2. The van der Waals surface area contributed by atoms with Gasteiger partial charge in [0.05, 0.1) is 7.11 Å². The van der Waals surface area contributed by atoms with Crippen LogP contribution in [0.25, 0.3) is 10.8 Å². The number of nitrogen functional groups attached to an aromatic ring is 1. The number of aromatic nitrogens is 1. The van der Waals surface area contributed by atoms with Crippen LogP contribution in [0.1, 0.15) is 31.8 Å². The lowest BCUT2D eigenvalue weighted by Gasteiger charge is -2.13. The first kappa shape index (κ1) is 21.8. The van der Waals surface area contributed by atoms with E-state index in [0.29, 0.717) is 34.5 Å². The first-order valence-corrected chi connectivity index (χ1v) is 10.5. The molecular weight excluding hydrogens is 416 g/mol. The van der Waals surface area contributed by atoms with E-state index >= 15 is 0 Å². The topological polar surface area (TPSA) is 106 Å². The molecule has 0 aliphatic rings. The number of hydrogen-bond acceptors (Lipinski definition) is 5. The van der Waals surface area contributed by atoms with E-state index in [9.17, 15) is 9.59 Å². The zero-order chi connectivity index (χ0) is 23.2. The fourth-order valence-corrected chi connectivity index (χ4v) is 3.63. The Morgan fingerprint density at radius 3 is 2.48 bits per heavy atom. The smallest absolute Gasteiger partial charge is 0.269 e. The number of nitrogens with zero attached hydrogens (tertiary/aromatic N) is 1. The van der Waals surface area contributed by atoms with E-state index < -0.39 is 11.8 Å². The minimum Gasteiger partial charge on any atom is -0.497 e. The van der Waals surface area contributed by atoms with E-state index in [1.165, 1.54) is 5.56 Å². The van der Waals surface area contributed by atoms with Crippen molar-refractivity contribution in [1.82, 2.24) is 15.8 Å². The lowest BCUT2D eigenvalue weighted by molar-refractivity contribution is 0.0846. The van der Waals surface area contributed by atoms with Crippen molar-refractivity contribution >= 4 is 28.4 Å². The van der Waals surface area contributed by atoms with E-state index in [1.807, 2.05) is 42.5 Å². The largest absolute Gasteiger partial charge is 0.497 e. The summed E-state index contributed by atoms with van der Waals surface area (Å²) in [6.07, 6.45) is 3.03. The number of amides is 2. The predicted octanol–water partition coefficient (Wildman–Crippen LogP) is 3.69. The highest BCUT2D eigenvalue weighted by molar-refractivity contribution is 6.03. The molecule has 1 aromatic heterocycles. The molecule has 0 saturated heterocycles. The summed E-state index contributed by atoms with van der Waals surface area (Å²) < 4.78 is 5.33. The van der Waals surface area contributed by atoms with Crippen LogP contribution in [-0.4, -0.2) is 23.9 Å². The molecule has 7 nitrogen and oxygen atoms in total. The van der Waals surface area contributed by atoms with Crippen molar-refractivity contribution in [2.24, 2.45) is 0 Å². The van der Waals surface area contributed by atoms with Gasteiger partial charge in [0, 0.05) is 22.7 Å². The van der Waals surface area contributed by atoms with Gasteiger partial charge in [-0.3, -0.25) is 20.4 Å². The van der Waals surface area contributed by atoms with Crippen LogP contribution in [0.4, 0.5) is 5.82 Å². The van der Waals surface area contributed by atoms with Crippen LogP contribution in [0.5, 0.6) is 5.75 Å². The summed E-state index contributed by atoms with van der Waals surface area (Å²) in [6, 6.07) is 22.2. The molecule has 0 radical (unpaired) electrons. The number of benzene rings is 3. The number of aryl methyl sites for hydroxylation is 2. The molecule has 0 atom stereocenters. The maximum absolute atomic E-state index is 12.9. The molecule has 33 heavy (non-hydrogen) atoms. The third kappa shape index (κ3) is 5.10. The van der Waals surface area contributed by atoms with Gasteiger partial charge in [-0.1, -0.05) is 36.4 Å². The molecule has 0 fully saturated rings. The average molecular weight is 441 g/mol. The quantitative estimate of drug-likeness (QED) is 0.397. The van der Waals surface area contributed by atoms with Crippen LogP contribution in [0.2, 0.25) is 0 Å². The molecule has 0 aliphatic heterocycles. The first-order chi connectivity index (χ1) is 16.0. The summed E-state index contributed by atoms with van der Waals surface area (Å²) in [6.45, 7) is 0. The number of methoxy groups -OCH3 is 1. The Morgan fingerprint density at radius 1 is 0.909 bits per heavy atom. The van der Waals surface area contributed by atoms with Crippen molar-refractivity contribution in [2.45, 2.75) is 12.8 Å². The Bertz CT molecular complexity index is 1310. The second-order valence-corrected chi connectivity index (χ2v) is 7.55. The van der Waals surface area contributed by atoms with E-state index in [1.54, 1.807) is 43.6 Å². The SMILES string of the molecule is COc1ccc(C(=O)NNC(=O)c2ccc3ccnc(N)c3c2)c(CCc2ccccc2)c1. The van der Waals surface area contributed by atoms with Crippen molar-refractivity contribution in [3.05, 3.63) is 101 Å². The summed E-state index contributed by atoms with van der Waals surface area (Å²) in [5.41, 5.74) is 13.7. The van der Waals surface area contributed by atoms with Crippen molar-refractivity contribution in [1.29, 1.82) is 0 Å². The first-order valence-electron chi connectivity index (χ1n) is 10.5. The van der Waals surface area contributed by atoms with E-state index in [0.717, 1.165) is 17.4 Å². The van der Waals surface area contributed by atoms with Crippen LogP contribution < -0.4 is 21.3 Å². The van der Waals surface area contributed by atoms with Gasteiger partial charge < -0.3 is 10.5 Å². The average Bonchev–Trinajstić information content (AvgIpc) is 2.86. The number of carbonyl (C=O) groups excluding carboxylic acids is 2. The highest BCUT2D eigenvalue weighted by atomic mass is 16.5. The van der Waals surface area contributed by atoms with Gasteiger partial charge in [0.25, 0.3) is 11.8 Å². The molecule has 4 N–H and O–H groups in total. The highest BCUT2D eigenvalue weighted by Crippen LogP contribution is 2.21. The van der Waals surface area contributed by atoms with Crippen LogP contribution in [-0.2, 0) is 12.8 Å². The van der Waals surface area contributed by atoms with Crippen LogP contribution in [0.3, 0.4) is 0 Å². The Morgan fingerprint density at radius 2 is 1.70 bits per heavy atom. The minimum absolute atomic E-state index is 0.340. The number of hydrogen-bond donors (Lipinski definition) is 3. The number of fused-ring (bicyclic) bond motifs is 1. The molecule has 1 heterocycles. The van der Waals surface area contributed by atoms with Crippen LogP contribution in [0.15, 0.2) is 79.0 Å². The van der Waals surface area contributed by atoms with Gasteiger partial charge in [0.2, 0.25) is 0 Å². The predicted molar refractivity (Wildman–Crippen MR) is 128 cm³/mol. The molecule has 166 valence electrons. The van der Waals surface area contributed by atoms with E-state index in [4.69, 9.17) is 10.5 Å². The molecule has 0 aliphatic carbocycles. The molecule has 3 aromatic carbocycles. The van der Waals surface area contributed by atoms with Crippen LogP contribution in [0, 0.1) is 0 Å². The molecule has 0 saturated carbocycles. The van der Waals surface area contributed by atoms with Gasteiger partial charge in [-0.25, -0.2) is 4.98 Å². The normalized spacial score (nSPS) is 10.6. The zero-order valence-corrected chi connectivity index (χ0v) is 18.2. The maximum atomic E-state index is 12.9. The molecule has 0 bridgehead atoms. The number of ether oxygens (including phenoxy) is 1. The molecule has 0 spiro atoms. The summed E-state index contributed by atoms with van der Waals surface area (Å²) >= 11 is 0. The second kappa shape index (κ2) is 9.82. The number of carbonyl (C=O) groups is 2. The Hall–Kier alpha value is -4.39. The minimum atomic E-state index is -0.451. The van der Waals surface area contributed by atoms with E-state index in [-0.39, 0.29) is 0 Å². The third-order valence-corrected chi connectivity index (χ3v) is 5.43. The van der Waals surface area contributed by atoms with E-state index in [2.05, 4.69) is 15.8 Å². The third-order valence-electron chi connectivity index (χ3n) is 5.43. The summed E-state index contributed by atoms with van der Waals surface area (Å²) in [7, 11) is 1.59. The van der Waals surface area contributed by atoms with Gasteiger partial charge in [-0.15, -0.1) is 0 Å². The fraction of sp³-hybridized carbons (Fsp3) is 0.115. The Kier molecular flexibility index (Phi) is 6.50. The van der Waals surface area contributed by atoms with Gasteiger partial charge in [-0.05, 0) is 65.8 Å². The van der Waals surface area contributed by atoms with Gasteiger partial charge in [-0.2, -0.15) is 0 Å². The second-order valence-electron chi connectivity index (χ2n) is 7.55. The van der Waals surface area contributed by atoms with Crippen LogP contribution >= 0.6 is 0 Å². The van der Waals surface area contributed by atoms with Crippen molar-refractivity contribution in [3.63, 3.8) is 0 Å². The number of hydrazine groups is 1. The number of nitrogens with two attached hydrogens (primary N) is 1. The van der Waals surface area contributed by atoms with Gasteiger partial charge in [0.15, 0.2) is 0 Å². The standard InChI is InChI=1S/C26H24N4O3/c1-33-21-11-12-22(19(15-21)8-7-17-5-3-2-4-6-17)26(32)30-29-25(31)20-10-9-18-13-14-28-24(27)23(18)16-20/h2-6,9-16H,7-8H2,1H3,(H2,27,28)(H,29,31)(H,30,32). The van der Waals surface area contributed by atoms with Crippen molar-refractivity contribution in [2.75, 3.05) is 12.8 Å². The monoisotopic (exact) mass is 440 g/mol. The van der Waals surface area contributed by atoms with Gasteiger partial charge in [0.1, 0.15) is 11.6 Å². The molecular formula is C26H24N4O3. The van der Waals surface area contributed by atoms with Gasteiger partial charge >= 0.3 is 0 Å². The summed E-state index contributed by atoms with van der Waals surface area (Å²) in [5.74, 6) is 0.150. The van der Waals surface area contributed by atoms with Crippen molar-refractivity contribution in [3.8, 4) is 5.75 Å². The molecule has 4 aromatic rings. The summed E-state index contributed by atoms with van der Waals surface area (Å²) in [4.78, 5) is 29.6. The Balaban J connectivity index is 1.47. The zero-order valence-electron chi connectivity index (χ0n) is 18.2. The number of pyridine rings is 1. The molecule has 4 rings (SSSR count). The molecule has 2 amide bonds. The maximum Gasteiger partial charge on any atom is 0.269 e. The number of anilines is 1.